The van der Waals surface area contributed by atoms with Crippen molar-refractivity contribution >= 4 is 15.9 Å². The van der Waals surface area contributed by atoms with Gasteiger partial charge >= 0.3 is 0 Å². The first-order valence-corrected chi connectivity index (χ1v) is 8.69. The number of carbonyl (C=O) groups excluding carboxylic acids is 1. The van der Waals surface area contributed by atoms with Crippen molar-refractivity contribution in [2.75, 3.05) is 18.8 Å². The second-order valence-electron chi connectivity index (χ2n) is 5.96. The Hall–Kier alpha value is -0.660. The quantitative estimate of drug-likeness (QED) is 0.766. The minimum Gasteiger partial charge on any atom is -0.391 e. The van der Waals surface area contributed by atoms with Gasteiger partial charge in [0.2, 0.25) is 15.9 Å². The molecular formula is C13H26N2O4S. The first-order chi connectivity index (χ1) is 9.10. The molecule has 1 aliphatic rings. The Labute approximate surface area is 121 Å². The highest BCUT2D eigenvalue weighted by Gasteiger charge is 2.33. The summed E-state index contributed by atoms with van der Waals surface area (Å²) in [5.41, 5.74) is -0.677. The lowest BCUT2D eigenvalue weighted by atomic mass is 9.93. The summed E-state index contributed by atoms with van der Waals surface area (Å²) in [6.45, 7) is 7.58. The van der Waals surface area contributed by atoms with Crippen molar-refractivity contribution in [3.8, 4) is 0 Å². The van der Waals surface area contributed by atoms with Crippen LogP contribution >= 0.6 is 0 Å². The topological polar surface area (TPSA) is 86.7 Å². The Morgan fingerprint density at radius 3 is 2.30 bits per heavy atom. The molecule has 0 radical (unpaired) electrons. The van der Waals surface area contributed by atoms with E-state index in [2.05, 4.69) is 5.32 Å². The van der Waals surface area contributed by atoms with Gasteiger partial charge in [-0.25, -0.2) is 12.7 Å². The summed E-state index contributed by atoms with van der Waals surface area (Å²) in [7, 11) is -3.16. The van der Waals surface area contributed by atoms with Gasteiger partial charge < -0.3 is 10.4 Å². The standard InChI is InChI=1S/C13H26N2O4S/c1-5-20(18,19)15-8-6-11(7-9-15)12(17)14-13(3,4)10(2)16/h10-11,16H,5-9H2,1-4H3,(H,14,17). The molecule has 1 amide bonds. The number of rotatable bonds is 5. The first-order valence-electron chi connectivity index (χ1n) is 7.08. The molecular weight excluding hydrogens is 280 g/mol. The monoisotopic (exact) mass is 306 g/mol. The van der Waals surface area contributed by atoms with Crippen LogP contribution in [0.3, 0.4) is 0 Å². The highest BCUT2D eigenvalue weighted by Crippen LogP contribution is 2.21. The van der Waals surface area contributed by atoms with Crippen LogP contribution < -0.4 is 5.32 Å². The van der Waals surface area contributed by atoms with Gasteiger partial charge in [-0.15, -0.1) is 0 Å². The number of amides is 1. The van der Waals surface area contributed by atoms with Crippen LogP contribution in [0, 0.1) is 5.92 Å². The molecule has 6 nitrogen and oxygen atoms in total. The Kier molecular flexibility index (Phi) is 5.57. The summed E-state index contributed by atoms with van der Waals surface area (Å²) < 4.78 is 24.9. The van der Waals surface area contributed by atoms with Gasteiger partial charge in [-0.05, 0) is 40.5 Å². The van der Waals surface area contributed by atoms with Crippen LogP contribution in [0.1, 0.15) is 40.5 Å². The average Bonchev–Trinajstić information content (AvgIpc) is 2.38. The summed E-state index contributed by atoms with van der Waals surface area (Å²) in [6, 6.07) is 0. The maximum Gasteiger partial charge on any atom is 0.223 e. The van der Waals surface area contributed by atoms with Gasteiger partial charge in [0.15, 0.2) is 0 Å². The van der Waals surface area contributed by atoms with E-state index in [1.54, 1.807) is 27.7 Å². The second-order valence-corrected chi connectivity index (χ2v) is 8.22. The van der Waals surface area contributed by atoms with E-state index in [-0.39, 0.29) is 17.6 Å². The summed E-state index contributed by atoms with van der Waals surface area (Å²) in [6.07, 6.45) is 0.411. The SMILES string of the molecule is CCS(=O)(=O)N1CCC(C(=O)NC(C)(C)C(C)O)CC1. The van der Waals surface area contributed by atoms with Gasteiger partial charge in [0.25, 0.3) is 0 Å². The van der Waals surface area contributed by atoms with Crippen molar-refractivity contribution in [2.24, 2.45) is 5.92 Å². The largest absolute Gasteiger partial charge is 0.391 e. The number of aliphatic hydroxyl groups is 1. The summed E-state index contributed by atoms with van der Waals surface area (Å²) >= 11 is 0. The minimum atomic E-state index is -3.16. The molecule has 1 saturated heterocycles. The molecule has 118 valence electrons. The summed E-state index contributed by atoms with van der Waals surface area (Å²) in [5.74, 6) is -0.195. The Morgan fingerprint density at radius 1 is 1.40 bits per heavy atom. The predicted molar refractivity (Wildman–Crippen MR) is 77.7 cm³/mol. The molecule has 0 saturated carbocycles. The van der Waals surface area contributed by atoms with Crippen molar-refractivity contribution in [3.63, 3.8) is 0 Å². The van der Waals surface area contributed by atoms with Crippen LogP contribution in [-0.4, -0.2) is 54.2 Å². The zero-order valence-corrected chi connectivity index (χ0v) is 13.5. The fourth-order valence-electron chi connectivity index (χ4n) is 2.10. The Bertz CT molecular complexity index is 437. The highest BCUT2D eigenvalue weighted by atomic mass is 32.2. The van der Waals surface area contributed by atoms with Crippen molar-refractivity contribution in [3.05, 3.63) is 0 Å². The van der Waals surface area contributed by atoms with E-state index >= 15 is 0 Å². The van der Waals surface area contributed by atoms with E-state index in [4.69, 9.17) is 0 Å². The van der Waals surface area contributed by atoms with Gasteiger partial charge in [0.05, 0.1) is 17.4 Å². The number of sulfonamides is 1. The van der Waals surface area contributed by atoms with Crippen molar-refractivity contribution in [1.29, 1.82) is 0 Å². The maximum atomic E-state index is 12.2. The van der Waals surface area contributed by atoms with Gasteiger partial charge in [-0.3, -0.25) is 4.79 Å². The lowest BCUT2D eigenvalue weighted by Crippen LogP contribution is -2.54. The van der Waals surface area contributed by atoms with Crippen LogP contribution in [0.2, 0.25) is 0 Å². The number of hydrogen-bond donors (Lipinski definition) is 2. The van der Waals surface area contributed by atoms with Gasteiger partial charge in [-0.2, -0.15) is 0 Å². The molecule has 1 fully saturated rings. The van der Waals surface area contributed by atoms with Crippen LogP contribution in [0.4, 0.5) is 0 Å². The molecule has 1 heterocycles. The zero-order valence-electron chi connectivity index (χ0n) is 12.7. The molecule has 2 N–H and O–H groups in total. The van der Waals surface area contributed by atoms with E-state index in [9.17, 15) is 18.3 Å². The van der Waals surface area contributed by atoms with Gasteiger partial charge in [0.1, 0.15) is 0 Å². The van der Waals surface area contributed by atoms with Crippen molar-refractivity contribution in [2.45, 2.75) is 52.2 Å². The predicted octanol–water partition coefficient (Wildman–Crippen LogP) is 0.324. The number of carbonyl (C=O) groups is 1. The summed E-state index contributed by atoms with van der Waals surface area (Å²) in [4.78, 5) is 12.2. The number of piperidine rings is 1. The number of nitrogens with zero attached hydrogens (tertiary/aromatic N) is 1. The smallest absolute Gasteiger partial charge is 0.223 e. The van der Waals surface area contributed by atoms with E-state index in [0.29, 0.717) is 25.9 Å². The third-order valence-electron chi connectivity index (χ3n) is 4.07. The molecule has 20 heavy (non-hydrogen) atoms. The molecule has 0 aromatic heterocycles. The highest BCUT2D eigenvalue weighted by molar-refractivity contribution is 7.89. The molecule has 0 aromatic rings. The van der Waals surface area contributed by atoms with Crippen molar-refractivity contribution < 1.29 is 18.3 Å². The van der Waals surface area contributed by atoms with E-state index in [0.717, 1.165) is 0 Å². The Morgan fingerprint density at radius 2 is 1.90 bits per heavy atom. The first kappa shape index (κ1) is 17.4. The van der Waals surface area contributed by atoms with Crippen molar-refractivity contribution in [1.82, 2.24) is 9.62 Å². The molecule has 1 rings (SSSR count). The van der Waals surface area contributed by atoms with Gasteiger partial charge in [-0.1, -0.05) is 0 Å². The molecule has 1 aliphatic heterocycles. The molecule has 7 heteroatoms. The average molecular weight is 306 g/mol. The summed E-state index contributed by atoms with van der Waals surface area (Å²) in [5, 5.41) is 12.4. The molecule has 1 atom stereocenters. The fourth-order valence-corrected chi connectivity index (χ4v) is 3.24. The normalized spacial score (nSPS) is 20.6. The lowest BCUT2D eigenvalue weighted by Gasteiger charge is -2.34. The third-order valence-corrected chi connectivity index (χ3v) is 5.95. The minimum absolute atomic E-state index is 0.0962. The van der Waals surface area contributed by atoms with Crippen LogP contribution in [0.25, 0.3) is 0 Å². The van der Waals surface area contributed by atoms with E-state index in [1.165, 1.54) is 4.31 Å². The number of hydrogen-bond acceptors (Lipinski definition) is 4. The van der Waals surface area contributed by atoms with E-state index < -0.39 is 21.7 Å². The number of aliphatic hydroxyl groups excluding tert-OH is 1. The molecule has 0 aliphatic carbocycles. The second kappa shape index (κ2) is 6.41. The fraction of sp³-hybridized carbons (Fsp3) is 0.923. The van der Waals surface area contributed by atoms with Crippen LogP contribution in [0.15, 0.2) is 0 Å². The Balaban J connectivity index is 2.56. The third kappa shape index (κ3) is 4.17. The molecule has 0 bridgehead atoms. The maximum absolute atomic E-state index is 12.2. The van der Waals surface area contributed by atoms with Crippen LogP contribution in [-0.2, 0) is 14.8 Å². The number of nitrogens with one attached hydrogen (secondary N) is 1. The lowest BCUT2D eigenvalue weighted by molar-refractivity contribution is -0.129. The molecule has 0 aromatic carbocycles. The van der Waals surface area contributed by atoms with Crippen LogP contribution in [0.5, 0.6) is 0 Å². The molecule has 0 spiro atoms. The van der Waals surface area contributed by atoms with E-state index in [1.807, 2.05) is 0 Å². The zero-order chi connectivity index (χ0) is 15.6. The molecule has 1 unspecified atom stereocenters. The van der Waals surface area contributed by atoms with Gasteiger partial charge in [0, 0.05) is 19.0 Å².